The van der Waals surface area contributed by atoms with E-state index in [2.05, 4.69) is 62.3 Å². The van der Waals surface area contributed by atoms with Crippen LogP contribution >= 0.6 is 31.9 Å². The Bertz CT molecular complexity index is 472. The lowest BCUT2D eigenvalue weighted by molar-refractivity contribution is 0.336. The molecule has 110 valence electrons. The average Bonchev–Trinajstić information content (AvgIpc) is 3.23. The van der Waals surface area contributed by atoms with E-state index >= 15 is 0 Å². The van der Waals surface area contributed by atoms with Crippen molar-refractivity contribution in [3.05, 3.63) is 32.2 Å². The molecule has 1 aliphatic carbocycles. The minimum atomic E-state index is 0.665. The first-order valence-corrected chi connectivity index (χ1v) is 8.77. The summed E-state index contributed by atoms with van der Waals surface area (Å²) in [6, 6.07) is 4.98. The van der Waals surface area contributed by atoms with Gasteiger partial charge in [0.05, 0.1) is 15.6 Å². The maximum absolute atomic E-state index is 5.61. The van der Waals surface area contributed by atoms with Crippen molar-refractivity contribution in [3.63, 3.8) is 0 Å². The lowest BCUT2D eigenvalue weighted by Gasteiger charge is -2.11. The maximum atomic E-state index is 5.61. The molecular formula is C16H21Br2NO. The van der Waals surface area contributed by atoms with Gasteiger partial charge in [0.2, 0.25) is 0 Å². The second-order valence-electron chi connectivity index (χ2n) is 5.06. The van der Waals surface area contributed by atoms with Crippen LogP contribution in [0.4, 0.5) is 0 Å². The van der Waals surface area contributed by atoms with Crippen molar-refractivity contribution in [2.24, 2.45) is 0 Å². The first kappa shape index (κ1) is 16.1. The fraction of sp³-hybridized carbons (Fsp3) is 0.500. The van der Waals surface area contributed by atoms with E-state index in [1.54, 1.807) is 0 Å². The summed E-state index contributed by atoms with van der Waals surface area (Å²) in [6.07, 6.45) is 6.00. The molecule has 0 radical (unpaired) electrons. The fourth-order valence-electron chi connectivity index (χ4n) is 2.02. The molecule has 1 aromatic rings. The first-order valence-electron chi connectivity index (χ1n) is 7.18. The lowest BCUT2D eigenvalue weighted by atomic mass is 10.1. The topological polar surface area (TPSA) is 21.3 Å². The molecule has 0 spiro atoms. The highest BCUT2D eigenvalue weighted by Gasteiger charge is 2.20. The van der Waals surface area contributed by atoms with E-state index in [1.807, 2.05) is 6.92 Å². The Morgan fingerprint density at radius 1 is 1.30 bits per heavy atom. The minimum absolute atomic E-state index is 0.665. The summed E-state index contributed by atoms with van der Waals surface area (Å²) in [4.78, 5) is 0. The van der Waals surface area contributed by atoms with Crippen LogP contribution in [0.3, 0.4) is 0 Å². The van der Waals surface area contributed by atoms with E-state index in [4.69, 9.17) is 4.74 Å². The molecule has 0 amide bonds. The van der Waals surface area contributed by atoms with Gasteiger partial charge in [-0.05, 0) is 75.7 Å². The summed E-state index contributed by atoms with van der Waals surface area (Å²) in [5.41, 5.74) is 2.63. The summed E-state index contributed by atoms with van der Waals surface area (Å²) in [5, 5.41) is 3.57. The number of hydrogen-bond acceptors (Lipinski definition) is 2. The minimum Gasteiger partial charge on any atom is -0.492 e. The van der Waals surface area contributed by atoms with E-state index in [0.717, 1.165) is 33.7 Å². The van der Waals surface area contributed by atoms with E-state index in [-0.39, 0.29) is 0 Å². The van der Waals surface area contributed by atoms with E-state index in [0.29, 0.717) is 6.61 Å². The third-order valence-corrected chi connectivity index (χ3v) is 4.51. The zero-order chi connectivity index (χ0) is 14.5. The van der Waals surface area contributed by atoms with Gasteiger partial charge in [-0.1, -0.05) is 18.6 Å². The van der Waals surface area contributed by atoms with Gasteiger partial charge in [0.25, 0.3) is 0 Å². The molecule has 1 aromatic carbocycles. The van der Waals surface area contributed by atoms with E-state index < -0.39 is 0 Å². The van der Waals surface area contributed by atoms with Crippen molar-refractivity contribution in [1.82, 2.24) is 5.32 Å². The predicted octanol–water partition coefficient (Wildman–Crippen LogP) is 5.16. The largest absolute Gasteiger partial charge is 0.492 e. The summed E-state index contributed by atoms with van der Waals surface area (Å²) in [6.45, 7) is 5.85. The van der Waals surface area contributed by atoms with Crippen LogP contribution in [0.1, 0.15) is 38.7 Å². The van der Waals surface area contributed by atoms with Crippen molar-refractivity contribution in [3.8, 4) is 5.75 Å². The van der Waals surface area contributed by atoms with Gasteiger partial charge in [-0.2, -0.15) is 0 Å². The van der Waals surface area contributed by atoms with Crippen LogP contribution in [0, 0.1) is 0 Å². The molecular weight excluding hydrogens is 382 g/mol. The standard InChI is InChI=1S/C16H21Br2NO/c1-3-11(10-19-13-5-6-13)7-12-8-14(17)16(20-4-2)15(18)9-12/h7-9,13,19H,3-6,10H2,1-2H3. The SMILES string of the molecule is CCOc1c(Br)cc(C=C(CC)CNC2CC2)cc1Br. The Morgan fingerprint density at radius 3 is 2.45 bits per heavy atom. The molecule has 4 heteroatoms. The summed E-state index contributed by atoms with van der Waals surface area (Å²) in [7, 11) is 0. The van der Waals surface area contributed by atoms with Gasteiger partial charge in [-0.3, -0.25) is 0 Å². The van der Waals surface area contributed by atoms with Crippen LogP contribution in [0.25, 0.3) is 6.08 Å². The Morgan fingerprint density at radius 2 is 1.95 bits per heavy atom. The number of benzene rings is 1. The third kappa shape index (κ3) is 4.61. The Labute approximate surface area is 138 Å². The highest BCUT2D eigenvalue weighted by Crippen LogP contribution is 2.35. The van der Waals surface area contributed by atoms with Crippen molar-refractivity contribution < 1.29 is 4.74 Å². The highest BCUT2D eigenvalue weighted by molar-refractivity contribution is 9.11. The van der Waals surface area contributed by atoms with Gasteiger partial charge in [0.15, 0.2) is 0 Å². The molecule has 0 saturated heterocycles. The smallest absolute Gasteiger partial charge is 0.147 e. The van der Waals surface area contributed by atoms with Crippen molar-refractivity contribution in [1.29, 1.82) is 0 Å². The van der Waals surface area contributed by atoms with Crippen LogP contribution in [-0.2, 0) is 0 Å². The van der Waals surface area contributed by atoms with Crippen LogP contribution in [0.15, 0.2) is 26.7 Å². The highest BCUT2D eigenvalue weighted by atomic mass is 79.9. The summed E-state index contributed by atoms with van der Waals surface area (Å²) < 4.78 is 7.60. The molecule has 0 atom stereocenters. The second kappa shape index (κ2) is 7.62. The molecule has 0 bridgehead atoms. The van der Waals surface area contributed by atoms with Crippen molar-refractivity contribution >= 4 is 37.9 Å². The van der Waals surface area contributed by atoms with Gasteiger partial charge >= 0.3 is 0 Å². The zero-order valence-electron chi connectivity index (χ0n) is 12.0. The van der Waals surface area contributed by atoms with Crippen molar-refractivity contribution in [2.75, 3.05) is 13.2 Å². The van der Waals surface area contributed by atoms with Crippen LogP contribution in [-0.4, -0.2) is 19.2 Å². The Hall–Kier alpha value is -0.320. The summed E-state index contributed by atoms with van der Waals surface area (Å²) in [5.74, 6) is 0.874. The first-order chi connectivity index (χ1) is 9.63. The predicted molar refractivity (Wildman–Crippen MR) is 92.3 cm³/mol. The molecule has 0 unspecified atom stereocenters. The number of rotatable bonds is 7. The zero-order valence-corrected chi connectivity index (χ0v) is 15.2. The van der Waals surface area contributed by atoms with Gasteiger partial charge in [-0.15, -0.1) is 0 Å². The second-order valence-corrected chi connectivity index (χ2v) is 6.77. The number of nitrogens with one attached hydrogen (secondary N) is 1. The molecule has 0 heterocycles. The van der Waals surface area contributed by atoms with Crippen molar-refractivity contribution in [2.45, 2.75) is 39.2 Å². The molecule has 1 aliphatic rings. The molecule has 20 heavy (non-hydrogen) atoms. The van der Waals surface area contributed by atoms with Crippen LogP contribution in [0.2, 0.25) is 0 Å². The molecule has 1 saturated carbocycles. The molecule has 2 nitrogen and oxygen atoms in total. The number of ether oxygens (including phenoxy) is 1. The number of halogens is 2. The quantitative estimate of drug-likeness (QED) is 0.680. The number of hydrogen-bond donors (Lipinski definition) is 1. The summed E-state index contributed by atoms with van der Waals surface area (Å²) >= 11 is 7.17. The fourth-order valence-corrected chi connectivity index (χ4v) is 3.47. The van der Waals surface area contributed by atoms with E-state index in [9.17, 15) is 0 Å². The van der Waals surface area contributed by atoms with E-state index in [1.165, 1.54) is 24.0 Å². The van der Waals surface area contributed by atoms with Crippen LogP contribution < -0.4 is 10.1 Å². The Balaban J connectivity index is 2.13. The average molecular weight is 403 g/mol. The van der Waals surface area contributed by atoms with Gasteiger partial charge in [0, 0.05) is 12.6 Å². The maximum Gasteiger partial charge on any atom is 0.147 e. The third-order valence-electron chi connectivity index (χ3n) is 3.33. The lowest BCUT2D eigenvalue weighted by Crippen LogP contribution is -2.18. The monoisotopic (exact) mass is 401 g/mol. The normalized spacial score (nSPS) is 15.5. The van der Waals surface area contributed by atoms with Gasteiger partial charge < -0.3 is 10.1 Å². The molecule has 1 fully saturated rings. The molecule has 0 aliphatic heterocycles. The Kier molecular flexibility index (Phi) is 6.12. The molecule has 2 rings (SSSR count). The van der Waals surface area contributed by atoms with Gasteiger partial charge in [-0.25, -0.2) is 0 Å². The molecule has 1 N–H and O–H groups in total. The molecule has 0 aromatic heterocycles. The van der Waals surface area contributed by atoms with Crippen LogP contribution in [0.5, 0.6) is 5.75 Å². The van der Waals surface area contributed by atoms with Gasteiger partial charge in [0.1, 0.15) is 5.75 Å².